The molecule has 0 bridgehead atoms. The molecule has 0 spiro atoms. The zero-order valence-electron chi connectivity index (χ0n) is 10.1. The van der Waals surface area contributed by atoms with E-state index in [0.29, 0.717) is 18.4 Å². The Bertz CT molecular complexity index is 496. The quantitative estimate of drug-likeness (QED) is 0.662. The maximum Gasteiger partial charge on any atom is 0.313 e. The minimum absolute atomic E-state index is 0.0196. The summed E-state index contributed by atoms with van der Waals surface area (Å²) in [6.07, 6.45) is 2.98. The lowest BCUT2D eigenvalue weighted by atomic mass is 9.90. The summed E-state index contributed by atoms with van der Waals surface area (Å²) in [4.78, 5) is 11.8. The lowest BCUT2D eigenvalue weighted by Gasteiger charge is -2.16. The maximum absolute atomic E-state index is 13.3. The van der Waals surface area contributed by atoms with Crippen LogP contribution < -0.4 is 0 Å². The number of hydrogen-bond donors (Lipinski definition) is 1. The van der Waals surface area contributed by atoms with Crippen LogP contribution in [0.25, 0.3) is 0 Å². The number of benzene rings is 1. The van der Waals surface area contributed by atoms with E-state index < -0.39 is 17.5 Å². The van der Waals surface area contributed by atoms with E-state index in [9.17, 15) is 14.3 Å². The van der Waals surface area contributed by atoms with Crippen molar-refractivity contribution in [2.75, 3.05) is 7.11 Å². The van der Waals surface area contributed by atoms with Gasteiger partial charge in [0.15, 0.2) is 11.6 Å². The molecule has 1 aliphatic rings. The Labute approximate surface area is 105 Å². The van der Waals surface area contributed by atoms with Gasteiger partial charge in [-0.3, -0.25) is 4.79 Å². The second-order valence-corrected chi connectivity index (χ2v) is 4.49. The average Bonchev–Trinajstić information content (AvgIpc) is 2.67. The Morgan fingerprint density at radius 1 is 1.67 bits per heavy atom. The second kappa shape index (κ2) is 4.80. The highest BCUT2D eigenvalue weighted by Gasteiger charge is 2.38. The molecule has 0 radical (unpaired) electrons. The molecule has 0 saturated heterocycles. The fourth-order valence-corrected chi connectivity index (χ4v) is 2.62. The van der Waals surface area contributed by atoms with Crippen molar-refractivity contribution in [1.29, 1.82) is 0 Å². The summed E-state index contributed by atoms with van der Waals surface area (Å²) >= 11 is 0. The zero-order chi connectivity index (χ0) is 13.3. The first-order chi connectivity index (χ1) is 8.58. The predicted molar refractivity (Wildman–Crippen MR) is 64.8 cm³/mol. The van der Waals surface area contributed by atoms with Gasteiger partial charge in [0.1, 0.15) is 0 Å². The molecule has 0 aliphatic heterocycles. The van der Waals surface area contributed by atoms with Gasteiger partial charge in [0.05, 0.1) is 13.0 Å². The largest absolute Gasteiger partial charge is 0.505 e. The molecule has 3 nitrogen and oxygen atoms in total. The molecular formula is C14H15FO3. The minimum atomic E-state index is -0.656. The number of fused-ring (bicyclic) bond motifs is 1. The lowest BCUT2D eigenvalue weighted by Crippen LogP contribution is -2.19. The van der Waals surface area contributed by atoms with Crippen LogP contribution in [0.1, 0.15) is 23.5 Å². The molecule has 0 aromatic heterocycles. The highest BCUT2D eigenvalue weighted by molar-refractivity contribution is 5.80. The molecule has 2 unspecified atom stereocenters. The molecule has 0 saturated carbocycles. The van der Waals surface area contributed by atoms with Crippen molar-refractivity contribution in [3.05, 3.63) is 41.7 Å². The van der Waals surface area contributed by atoms with Gasteiger partial charge in [-0.15, -0.1) is 6.58 Å². The van der Waals surface area contributed by atoms with Crippen molar-refractivity contribution in [3.8, 4) is 5.75 Å². The Hall–Kier alpha value is -1.84. The Morgan fingerprint density at radius 2 is 2.39 bits per heavy atom. The predicted octanol–water partition coefficient (Wildman–Crippen LogP) is 2.54. The summed E-state index contributed by atoms with van der Waals surface area (Å²) in [7, 11) is 1.33. The van der Waals surface area contributed by atoms with E-state index in [0.717, 1.165) is 5.56 Å². The number of carbonyl (C=O) groups excluding carboxylic acids is 1. The van der Waals surface area contributed by atoms with Crippen LogP contribution in [0.2, 0.25) is 0 Å². The number of esters is 1. The molecule has 0 heterocycles. The third kappa shape index (κ3) is 1.98. The molecule has 96 valence electrons. The molecule has 0 fully saturated rings. The third-order valence-electron chi connectivity index (χ3n) is 3.42. The van der Waals surface area contributed by atoms with Crippen molar-refractivity contribution in [2.45, 2.75) is 18.8 Å². The van der Waals surface area contributed by atoms with Crippen LogP contribution in [-0.2, 0) is 16.0 Å². The van der Waals surface area contributed by atoms with Gasteiger partial charge in [-0.05, 0) is 42.0 Å². The first-order valence-corrected chi connectivity index (χ1v) is 5.78. The number of halogens is 1. The van der Waals surface area contributed by atoms with Gasteiger partial charge >= 0.3 is 5.97 Å². The topological polar surface area (TPSA) is 46.5 Å². The van der Waals surface area contributed by atoms with Gasteiger partial charge in [0.2, 0.25) is 0 Å². The minimum Gasteiger partial charge on any atom is -0.505 e. The van der Waals surface area contributed by atoms with Crippen LogP contribution in [0.3, 0.4) is 0 Å². The van der Waals surface area contributed by atoms with Crippen molar-refractivity contribution in [1.82, 2.24) is 0 Å². The van der Waals surface area contributed by atoms with Crippen molar-refractivity contribution in [2.24, 2.45) is 5.92 Å². The van der Waals surface area contributed by atoms with Crippen molar-refractivity contribution in [3.63, 3.8) is 0 Å². The first kappa shape index (κ1) is 12.6. The smallest absolute Gasteiger partial charge is 0.313 e. The van der Waals surface area contributed by atoms with E-state index >= 15 is 0 Å². The number of methoxy groups -OCH3 is 1. The van der Waals surface area contributed by atoms with Crippen LogP contribution >= 0.6 is 0 Å². The van der Waals surface area contributed by atoms with E-state index in [1.54, 1.807) is 6.08 Å². The summed E-state index contributed by atoms with van der Waals surface area (Å²) in [5, 5.41) is 9.42. The fourth-order valence-electron chi connectivity index (χ4n) is 2.62. The van der Waals surface area contributed by atoms with E-state index in [-0.39, 0.29) is 11.9 Å². The number of allylic oxidation sites excluding steroid dienone is 1. The molecule has 18 heavy (non-hydrogen) atoms. The molecule has 1 aliphatic carbocycles. The van der Waals surface area contributed by atoms with Gasteiger partial charge in [-0.25, -0.2) is 4.39 Å². The molecule has 0 amide bonds. The number of ether oxygens (including phenoxy) is 1. The maximum atomic E-state index is 13.3. The van der Waals surface area contributed by atoms with Crippen LogP contribution in [0.5, 0.6) is 5.75 Å². The fraction of sp³-hybridized carbons (Fsp3) is 0.357. The molecule has 1 aromatic rings. The molecule has 2 rings (SSSR count). The number of phenolic OH excluding ortho intramolecular Hbond substituents is 1. The third-order valence-corrected chi connectivity index (χ3v) is 3.42. The number of rotatable bonds is 3. The van der Waals surface area contributed by atoms with Crippen molar-refractivity contribution < 1.29 is 19.0 Å². The molecular weight excluding hydrogens is 235 g/mol. The summed E-state index contributed by atoms with van der Waals surface area (Å²) in [6.45, 7) is 3.67. The molecule has 4 heteroatoms. The summed E-state index contributed by atoms with van der Waals surface area (Å²) < 4.78 is 18.1. The Balaban J connectivity index is 2.45. The van der Waals surface area contributed by atoms with Crippen LogP contribution in [0.15, 0.2) is 24.8 Å². The van der Waals surface area contributed by atoms with Crippen LogP contribution in [0.4, 0.5) is 4.39 Å². The van der Waals surface area contributed by atoms with E-state index in [2.05, 4.69) is 6.58 Å². The number of aromatic hydroxyl groups is 1. The molecule has 2 atom stereocenters. The highest BCUT2D eigenvalue weighted by Crippen LogP contribution is 2.42. The van der Waals surface area contributed by atoms with Crippen molar-refractivity contribution >= 4 is 5.97 Å². The summed E-state index contributed by atoms with van der Waals surface area (Å²) in [5.41, 5.74) is 1.42. The first-order valence-electron chi connectivity index (χ1n) is 5.78. The zero-order valence-corrected chi connectivity index (χ0v) is 10.1. The molecule has 1 aromatic carbocycles. The number of hydrogen-bond acceptors (Lipinski definition) is 3. The summed E-state index contributed by atoms with van der Waals surface area (Å²) in [5.74, 6) is -1.87. The van der Waals surface area contributed by atoms with E-state index in [4.69, 9.17) is 4.74 Å². The van der Waals surface area contributed by atoms with Gasteiger partial charge in [-0.2, -0.15) is 0 Å². The molecule has 1 N–H and O–H groups in total. The normalized spacial score (nSPS) is 21.4. The number of phenols is 1. The van der Waals surface area contributed by atoms with Crippen LogP contribution in [0, 0.1) is 11.7 Å². The van der Waals surface area contributed by atoms with E-state index in [1.165, 1.54) is 19.2 Å². The van der Waals surface area contributed by atoms with Gasteiger partial charge in [-0.1, -0.05) is 6.08 Å². The Kier molecular flexibility index (Phi) is 3.36. The van der Waals surface area contributed by atoms with Gasteiger partial charge in [0.25, 0.3) is 0 Å². The van der Waals surface area contributed by atoms with Gasteiger partial charge < -0.3 is 9.84 Å². The monoisotopic (exact) mass is 250 g/mol. The Morgan fingerprint density at radius 3 is 3.00 bits per heavy atom. The average molecular weight is 250 g/mol. The lowest BCUT2D eigenvalue weighted by molar-refractivity contribution is -0.143. The SMILES string of the molecule is C=CCC1Cc2cc(F)c(O)cc2C1C(=O)OC. The summed E-state index contributed by atoms with van der Waals surface area (Å²) in [6, 6.07) is 2.62. The number of carbonyl (C=O) groups is 1. The highest BCUT2D eigenvalue weighted by atomic mass is 19.1. The standard InChI is InChI=1S/C14H15FO3/c1-3-4-8-5-9-6-11(15)12(16)7-10(9)13(8)14(17)18-2/h3,6-8,13,16H,1,4-5H2,2H3. The second-order valence-electron chi connectivity index (χ2n) is 4.49. The van der Waals surface area contributed by atoms with E-state index in [1.807, 2.05) is 0 Å². The van der Waals surface area contributed by atoms with Gasteiger partial charge in [0, 0.05) is 0 Å². The van der Waals surface area contributed by atoms with Crippen LogP contribution in [-0.4, -0.2) is 18.2 Å².